The normalized spacial score (nSPS) is 18.5. The first-order valence-electron chi connectivity index (χ1n) is 29.0. The summed E-state index contributed by atoms with van der Waals surface area (Å²) in [4.78, 5) is 63.6. The zero-order valence-electron chi connectivity index (χ0n) is 48.3. The van der Waals surface area contributed by atoms with E-state index in [1.807, 2.05) is 150 Å². The molecule has 0 unspecified atom stereocenters. The van der Waals surface area contributed by atoms with Crippen LogP contribution in [0.2, 0.25) is 10.0 Å². The van der Waals surface area contributed by atoms with Crippen LogP contribution in [0.25, 0.3) is 0 Å². The van der Waals surface area contributed by atoms with E-state index in [0.717, 1.165) is 125 Å². The third-order valence-corrected chi connectivity index (χ3v) is 16.6. The second kappa shape index (κ2) is 31.5. The molecule has 18 heteroatoms. The number of aryl methyl sites for hydroxylation is 2. The molecule has 0 saturated carbocycles. The number of halogens is 2. The van der Waals surface area contributed by atoms with Gasteiger partial charge in [-0.2, -0.15) is 0 Å². The highest BCUT2D eigenvalue weighted by molar-refractivity contribution is 6.30. The van der Waals surface area contributed by atoms with Crippen molar-refractivity contribution in [3.05, 3.63) is 184 Å². The van der Waals surface area contributed by atoms with Crippen molar-refractivity contribution in [2.75, 3.05) is 99.0 Å². The highest BCUT2D eigenvalue weighted by Gasteiger charge is 2.36. The smallest absolute Gasteiger partial charge is 0.321 e. The maximum Gasteiger partial charge on any atom is 0.321 e. The summed E-state index contributed by atoms with van der Waals surface area (Å²) in [5.74, 6) is 2.92. The average molecular weight is 1170 g/mol. The van der Waals surface area contributed by atoms with Crippen LogP contribution in [0.5, 0.6) is 23.0 Å². The van der Waals surface area contributed by atoms with Crippen LogP contribution in [0.15, 0.2) is 163 Å². The van der Waals surface area contributed by atoms with Gasteiger partial charge in [-0.1, -0.05) is 83.9 Å². The number of likely N-dealkylation sites (tertiary alicyclic amines) is 4. The van der Waals surface area contributed by atoms with E-state index in [9.17, 15) is 19.3 Å². The molecule has 440 valence electrons. The van der Waals surface area contributed by atoms with Gasteiger partial charge in [0.15, 0.2) is 0 Å². The van der Waals surface area contributed by atoms with Gasteiger partial charge in [0.1, 0.15) is 28.7 Å². The molecule has 83 heavy (non-hydrogen) atoms. The molecule has 0 bridgehead atoms. The van der Waals surface area contributed by atoms with E-state index in [4.69, 9.17) is 32.7 Å². The minimum absolute atomic E-state index is 0.0315. The van der Waals surface area contributed by atoms with Crippen molar-refractivity contribution in [3.63, 3.8) is 0 Å². The van der Waals surface area contributed by atoms with Gasteiger partial charge in [-0.15, -0.1) is 4.91 Å². The molecule has 16 nitrogen and oxygen atoms in total. The molecule has 4 saturated heterocycles. The standard InChI is InChI=1S/C33H40ClN5O3.C20H31ClN4O.C12H9NO2/c1-36(32(40)35-27-14-16-31(17-15-27)42-30-8-4-3-5-9-30)29-19-22-39(24-29)33(41)37(2)28-18-21-38(23-28)20-6-7-25-10-12-26(34)13-11-25;1-22-18-9-13-25(14-18)20(26)23(2)19-10-12-24(15-19)11-3-4-16-5-7-17(21)8-6-16;14-13-10-6-8-12(9-7-10)15-11-4-2-1-3-5-11/h3-5,8-17,28-29H,6-7,18-24H2,1-2H3,(H,35,40);5-8,18-19,22H,3-4,9-15H2,1-2H3;1-9H/t28-,29+;18-,19+;/m10./s1. The van der Waals surface area contributed by atoms with E-state index >= 15 is 0 Å². The molecule has 6 aromatic carbocycles. The van der Waals surface area contributed by atoms with E-state index in [0.29, 0.717) is 48.0 Å². The lowest BCUT2D eigenvalue weighted by atomic mass is 10.1. The van der Waals surface area contributed by atoms with Crippen LogP contribution in [-0.4, -0.2) is 170 Å². The van der Waals surface area contributed by atoms with Gasteiger partial charge in [-0.3, -0.25) is 0 Å². The number of para-hydroxylation sites is 2. The molecule has 6 amide bonds. The van der Waals surface area contributed by atoms with Crippen LogP contribution in [0.3, 0.4) is 0 Å². The number of carbonyl (C=O) groups excluding carboxylic acids is 3. The summed E-state index contributed by atoms with van der Waals surface area (Å²) >= 11 is 11.9. The molecular weight excluding hydrogens is 1090 g/mol. The third-order valence-electron chi connectivity index (χ3n) is 16.1. The van der Waals surface area contributed by atoms with Gasteiger partial charge in [0, 0.05) is 107 Å². The number of nitroso groups, excluding NO2 is 1. The van der Waals surface area contributed by atoms with Crippen LogP contribution >= 0.6 is 23.2 Å². The first kappa shape index (κ1) is 61.9. The molecule has 0 aromatic heterocycles. The van der Waals surface area contributed by atoms with Crippen molar-refractivity contribution in [2.24, 2.45) is 5.18 Å². The SMILES string of the molecule is CN(C(=O)Nc1ccc(Oc2ccccc2)cc1)[C@H]1CCN(C(=O)N(C)[C@@H]2CCN(CCCc3ccc(Cl)cc3)C2)C1.CN[C@H]1CCN(C(=O)N(C)[C@@H]2CCN(CCCc3ccc(Cl)cc3)C2)C1.O=Nc1ccc(Oc2ccccc2)cc1. The average Bonchev–Trinajstić information content (AvgIpc) is 4.60. The quantitative estimate of drug-likeness (QED) is 0.0803. The zero-order valence-corrected chi connectivity index (χ0v) is 49.8. The fourth-order valence-electron chi connectivity index (χ4n) is 10.9. The van der Waals surface area contributed by atoms with E-state index in [2.05, 4.69) is 49.9 Å². The van der Waals surface area contributed by atoms with E-state index in [1.54, 1.807) is 36.2 Å². The number of nitrogens with one attached hydrogen (secondary N) is 2. The van der Waals surface area contributed by atoms with E-state index in [-0.39, 0.29) is 30.2 Å². The summed E-state index contributed by atoms with van der Waals surface area (Å²) in [6.45, 7) is 8.98. The van der Waals surface area contributed by atoms with Crippen LogP contribution in [0, 0.1) is 4.91 Å². The monoisotopic (exact) mass is 1170 g/mol. The molecule has 0 spiro atoms. The van der Waals surface area contributed by atoms with Crippen LogP contribution in [-0.2, 0) is 12.8 Å². The van der Waals surface area contributed by atoms with Gasteiger partial charge in [-0.25, -0.2) is 14.4 Å². The Hall–Kier alpha value is -7.21. The lowest BCUT2D eigenvalue weighted by Gasteiger charge is -2.30. The van der Waals surface area contributed by atoms with Gasteiger partial charge in [0.2, 0.25) is 0 Å². The van der Waals surface area contributed by atoms with Gasteiger partial charge in [0.05, 0.1) is 6.04 Å². The molecule has 2 N–H and O–H groups in total. The lowest BCUT2D eigenvalue weighted by molar-refractivity contribution is 0.151. The largest absolute Gasteiger partial charge is 0.457 e. The first-order valence-corrected chi connectivity index (χ1v) is 29.7. The van der Waals surface area contributed by atoms with Crippen molar-refractivity contribution in [3.8, 4) is 23.0 Å². The third kappa shape index (κ3) is 18.9. The topological polar surface area (TPSA) is 146 Å². The zero-order chi connectivity index (χ0) is 58.5. The Morgan fingerprint density at radius 3 is 1.40 bits per heavy atom. The molecule has 4 aliphatic rings. The Morgan fingerprint density at radius 1 is 0.518 bits per heavy atom. The summed E-state index contributed by atoms with van der Waals surface area (Å²) in [5, 5.41) is 10.6. The lowest BCUT2D eigenvalue weighted by Crippen LogP contribution is -2.48. The first-order chi connectivity index (χ1) is 40.3. The number of urea groups is 3. The summed E-state index contributed by atoms with van der Waals surface area (Å²) < 4.78 is 11.4. The summed E-state index contributed by atoms with van der Waals surface area (Å²) in [6, 6.07) is 50.2. The van der Waals surface area contributed by atoms with Crippen molar-refractivity contribution < 1.29 is 23.9 Å². The minimum atomic E-state index is -0.190. The maximum atomic E-state index is 13.3. The van der Waals surface area contributed by atoms with Gasteiger partial charge in [0.25, 0.3) is 0 Å². The number of benzene rings is 6. The molecule has 10 rings (SSSR count). The summed E-state index contributed by atoms with van der Waals surface area (Å²) in [7, 11) is 7.65. The fraction of sp³-hybridized carbons (Fsp3) is 0.400. The van der Waals surface area contributed by atoms with Crippen molar-refractivity contribution in [2.45, 2.75) is 75.5 Å². The Morgan fingerprint density at radius 2 is 0.940 bits per heavy atom. The number of nitrogens with zero attached hydrogens (tertiary/aromatic N) is 8. The predicted molar refractivity (Wildman–Crippen MR) is 333 cm³/mol. The van der Waals surface area contributed by atoms with Crippen LogP contribution < -0.4 is 20.1 Å². The number of rotatable bonds is 18. The predicted octanol–water partition coefficient (Wildman–Crippen LogP) is 13.0. The second-order valence-electron chi connectivity index (χ2n) is 21.8. The number of anilines is 1. The molecule has 0 radical (unpaired) electrons. The number of hydrogen-bond acceptors (Lipinski definition) is 10. The van der Waals surface area contributed by atoms with Gasteiger partial charge < -0.3 is 54.4 Å². The minimum Gasteiger partial charge on any atom is -0.457 e. The van der Waals surface area contributed by atoms with Crippen molar-refractivity contribution >= 4 is 52.7 Å². The number of likely N-dealkylation sites (N-methyl/N-ethyl adjacent to an activating group) is 4. The Balaban J connectivity index is 0.000000185. The van der Waals surface area contributed by atoms with Crippen LogP contribution in [0.4, 0.5) is 25.8 Å². The molecule has 4 aliphatic heterocycles. The van der Waals surface area contributed by atoms with Crippen molar-refractivity contribution in [1.82, 2.24) is 39.6 Å². The molecule has 6 aromatic rings. The number of hydrogen-bond donors (Lipinski definition) is 2. The highest BCUT2D eigenvalue weighted by atomic mass is 35.5. The molecule has 4 atom stereocenters. The highest BCUT2D eigenvalue weighted by Crippen LogP contribution is 2.27. The number of amides is 6. The fourth-order valence-corrected chi connectivity index (χ4v) is 11.2. The van der Waals surface area contributed by atoms with E-state index < -0.39 is 0 Å². The summed E-state index contributed by atoms with van der Waals surface area (Å²) in [5.41, 5.74) is 3.73. The summed E-state index contributed by atoms with van der Waals surface area (Å²) in [6.07, 6.45) is 8.20. The van der Waals surface area contributed by atoms with Crippen LogP contribution in [0.1, 0.15) is 49.7 Å². The molecule has 0 aliphatic carbocycles. The second-order valence-corrected chi connectivity index (χ2v) is 22.7. The Bertz CT molecular complexity index is 2950. The molecule has 4 heterocycles. The Labute approximate surface area is 500 Å². The molecule has 4 fully saturated rings. The maximum absolute atomic E-state index is 13.3. The van der Waals surface area contributed by atoms with E-state index in [1.165, 1.54) is 11.1 Å². The Kier molecular flexibility index (Phi) is 23.4. The van der Waals surface area contributed by atoms with Gasteiger partial charge >= 0.3 is 18.1 Å². The van der Waals surface area contributed by atoms with Gasteiger partial charge in [-0.05, 0) is 185 Å². The van der Waals surface area contributed by atoms with Crippen molar-refractivity contribution in [1.29, 1.82) is 0 Å². The molecular formula is C65H80Cl2N10O6. The number of ether oxygens (including phenoxy) is 2. The number of carbonyl (C=O) groups is 3.